The minimum absolute atomic E-state index is 0.165. The topological polar surface area (TPSA) is 88.0 Å². The van der Waals surface area contributed by atoms with Crippen LogP contribution in [0.2, 0.25) is 0 Å². The first kappa shape index (κ1) is 28.4. The molecule has 0 bridgehead atoms. The molecule has 6 heteroatoms. The van der Waals surface area contributed by atoms with Crippen LogP contribution in [-0.2, 0) is 17.6 Å². The molecule has 0 radical (unpaired) electrons. The van der Waals surface area contributed by atoms with Gasteiger partial charge in [-0.2, -0.15) is 0 Å². The fourth-order valence-corrected chi connectivity index (χ4v) is 4.40. The van der Waals surface area contributed by atoms with Gasteiger partial charge in [-0.05, 0) is 86.1 Å². The van der Waals surface area contributed by atoms with Crippen LogP contribution in [0.25, 0.3) is 11.1 Å². The molecule has 3 aromatic rings. The summed E-state index contributed by atoms with van der Waals surface area (Å²) >= 11 is 0. The number of hydrogen-bond donors (Lipinski definition) is 3. The summed E-state index contributed by atoms with van der Waals surface area (Å²) in [4.78, 5) is 10.9. The standard InChI is InChI=1S/C31H39NO5/c1-6-23-11-13-24(14-12-23)18-31(4,5)32-19-26(33)20-36-22(3)27-9-7-8-10-28(27)25-15-16-29(21(2)17-25)37-30(34)35/h7-17,22,26,32-33H,6,18-20H2,1-5H3,(H,34,35)/t22?,26-/m1/s1. The molecular weight excluding hydrogens is 466 g/mol. The Morgan fingerprint density at radius 2 is 1.70 bits per heavy atom. The van der Waals surface area contributed by atoms with Gasteiger partial charge in [-0.3, -0.25) is 0 Å². The maximum absolute atomic E-state index is 10.9. The van der Waals surface area contributed by atoms with Crippen molar-refractivity contribution in [3.8, 4) is 16.9 Å². The molecule has 0 amide bonds. The SMILES string of the molecule is CCc1ccc(CC(C)(C)NC[C@@H](O)COC(C)c2ccccc2-c2ccc(OC(=O)O)c(C)c2)cc1. The quantitative estimate of drug-likeness (QED) is 0.197. The second-order valence-electron chi connectivity index (χ2n) is 10.2. The van der Waals surface area contributed by atoms with Gasteiger partial charge in [0.05, 0.1) is 18.8 Å². The second-order valence-corrected chi connectivity index (χ2v) is 10.2. The molecule has 3 rings (SSSR count). The van der Waals surface area contributed by atoms with Crippen LogP contribution in [0.15, 0.2) is 66.7 Å². The third kappa shape index (κ3) is 8.42. The van der Waals surface area contributed by atoms with E-state index >= 15 is 0 Å². The third-order valence-electron chi connectivity index (χ3n) is 6.51. The number of aliphatic hydroxyl groups excluding tert-OH is 1. The second kappa shape index (κ2) is 12.9. The zero-order valence-electron chi connectivity index (χ0n) is 22.5. The van der Waals surface area contributed by atoms with Crippen molar-refractivity contribution in [1.82, 2.24) is 5.32 Å². The van der Waals surface area contributed by atoms with Gasteiger partial charge in [0.15, 0.2) is 0 Å². The van der Waals surface area contributed by atoms with Gasteiger partial charge >= 0.3 is 6.16 Å². The average Bonchev–Trinajstić information content (AvgIpc) is 2.87. The molecule has 0 aromatic heterocycles. The lowest BCUT2D eigenvalue weighted by atomic mass is 9.94. The number of nitrogens with one attached hydrogen (secondary N) is 1. The van der Waals surface area contributed by atoms with E-state index in [-0.39, 0.29) is 18.2 Å². The van der Waals surface area contributed by atoms with Crippen molar-refractivity contribution >= 4 is 6.16 Å². The summed E-state index contributed by atoms with van der Waals surface area (Å²) in [6, 6.07) is 22.0. The highest BCUT2D eigenvalue weighted by atomic mass is 16.7. The number of β-amino-alcohol motifs (C(OH)–C–C–N with tert-alkyl or cyclic N) is 1. The zero-order valence-corrected chi connectivity index (χ0v) is 22.5. The fourth-order valence-electron chi connectivity index (χ4n) is 4.40. The molecule has 3 aromatic carbocycles. The van der Waals surface area contributed by atoms with Crippen LogP contribution in [0.5, 0.6) is 5.75 Å². The van der Waals surface area contributed by atoms with Gasteiger partial charge in [-0.25, -0.2) is 4.79 Å². The predicted molar refractivity (Wildman–Crippen MR) is 147 cm³/mol. The minimum Gasteiger partial charge on any atom is -0.449 e. The molecular formula is C31H39NO5. The molecule has 37 heavy (non-hydrogen) atoms. The molecule has 0 heterocycles. The number of aryl methyl sites for hydroxylation is 2. The van der Waals surface area contributed by atoms with Gasteiger partial charge in [0.25, 0.3) is 0 Å². The number of carboxylic acid groups (broad SMARTS) is 1. The Kier molecular flexibility index (Phi) is 9.86. The summed E-state index contributed by atoms with van der Waals surface area (Å²) in [6.45, 7) is 10.9. The summed E-state index contributed by atoms with van der Waals surface area (Å²) < 4.78 is 10.9. The largest absolute Gasteiger partial charge is 0.511 e. The molecule has 198 valence electrons. The van der Waals surface area contributed by atoms with Crippen LogP contribution in [-0.4, -0.2) is 41.2 Å². The van der Waals surface area contributed by atoms with Crippen LogP contribution in [0.1, 0.15) is 56.1 Å². The summed E-state index contributed by atoms with van der Waals surface area (Å²) in [5.74, 6) is 0.314. The van der Waals surface area contributed by atoms with E-state index in [4.69, 9.17) is 14.6 Å². The Morgan fingerprint density at radius 3 is 2.35 bits per heavy atom. The highest BCUT2D eigenvalue weighted by Crippen LogP contribution is 2.32. The predicted octanol–water partition coefficient (Wildman–Crippen LogP) is 6.33. The lowest BCUT2D eigenvalue weighted by Crippen LogP contribution is -2.46. The number of hydrogen-bond acceptors (Lipinski definition) is 5. The Hall–Kier alpha value is -3.19. The Morgan fingerprint density at radius 1 is 1.03 bits per heavy atom. The van der Waals surface area contributed by atoms with E-state index < -0.39 is 12.3 Å². The number of rotatable bonds is 12. The summed E-state index contributed by atoms with van der Waals surface area (Å²) in [6.07, 6.45) is -0.327. The van der Waals surface area contributed by atoms with E-state index in [1.165, 1.54) is 11.1 Å². The van der Waals surface area contributed by atoms with E-state index in [1.54, 1.807) is 6.07 Å². The van der Waals surface area contributed by atoms with Gasteiger partial charge in [0.2, 0.25) is 0 Å². The van der Waals surface area contributed by atoms with E-state index in [0.29, 0.717) is 12.3 Å². The van der Waals surface area contributed by atoms with Crippen LogP contribution in [0.4, 0.5) is 4.79 Å². The lowest BCUT2D eigenvalue weighted by molar-refractivity contribution is -0.00397. The Labute approximate surface area is 220 Å². The van der Waals surface area contributed by atoms with Crippen LogP contribution in [0, 0.1) is 6.92 Å². The van der Waals surface area contributed by atoms with Gasteiger partial charge in [-0.1, -0.05) is 61.5 Å². The van der Waals surface area contributed by atoms with Crippen molar-refractivity contribution in [2.24, 2.45) is 0 Å². The maximum Gasteiger partial charge on any atom is 0.511 e. The summed E-state index contributed by atoms with van der Waals surface area (Å²) in [7, 11) is 0. The monoisotopic (exact) mass is 505 g/mol. The Balaban J connectivity index is 1.57. The number of benzene rings is 3. The van der Waals surface area contributed by atoms with Gasteiger partial charge in [-0.15, -0.1) is 0 Å². The smallest absolute Gasteiger partial charge is 0.449 e. The first-order valence-corrected chi connectivity index (χ1v) is 12.8. The molecule has 0 fully saturated rings. The molecule has 0 saturated carbocycles. The number of carbonyl (C=O) groups is 1. The third-order valence-corrected chi connectivity index (χ3v) is 6.51. The molecule has 6 nitrogen and oxygen atoms in total. The van der Waals surface area contributed by atoms with Crippen molar-refractivity contribution in [3.63, 3.8) is 0 Å². The van der Waals surface area contributed by atoms with Crippen molar-refractivity contribution in [2.75, 3.05) is 13.2 Å². The van der Waals surface area contributed by atoms with Gasteiger partial charge in [0, 0.05) is 12.1 Å². The van der Waals surface area contributed by atoms with Crippen molar-refractivity contribution in [3.05, 3.63) is 89.0 Å². The highest BCUT2D eigenvalue weighted by molar-refractivity contribution is 5.70. The van der Waals surface area contributed by atoms with Crippen LogP contribution < -0.4 is 10.1 Å². The first-order chi connectivity index (χ1) is 17.6. The zero-order chi connectivity index (χ0) is 27.0. The number of ether oxygens (including phenoxy) is 2. The van der Waals surface area contributed by atoms with E-state index in [1.807, 2.05) is 50.2 Å². The highest BCUT2D eigenvalue weighted by Gasteiger charge is 2.20. The Bertz CT molecular complexity index is 1170. The van der Waals surface area contributed by atoms with E-state index in [2.05, 4.69) is 50.4 Å². The van der Waals surface area contributed by atoms with Gasteiger partial charge < -0.3 is 25.0 Å². The number of aliphatic hydroxyl groups is 1. The van der Waals surface area contributed by atoms with Gasteiger partial charge in [0.1, 0.15) is 5.75 Å². The van der Waals surface area contributed by atoms with Crippen molar-refractivity contribution in [2.45, 2.75) is 65.2 Å². The maximum atomic E-state index is 10.9. The van der Waals surface area contributed by atoms with Crippen molar-refractivity contribution < 1.29 is 24.5 Å². The molecule has 0 aliphatic heterocycles. The molecule has 0 aliphatic carbocycles. The first-order valence-electron chi connectivity index (χ1n) is 12.8. The normalized spacial score (nSPS) is 13.2. The van der Waals surface area contributed by atoms with E-state index in [0.717, 1.165) is 35.1 Å². The summed E-state index contributed by atoms with van der Waals surface area (Å²) in [5, 5.41) is 23.0. The molecule has 2 atom stereocenters. The molecule has 0 saturated heterocycles. The lowest BCUT2D eigenvalue weighted by Gasteiger charge is -2.28. The van der Waals surface area contributed by atoms with Crippen LogP contribution >= 0.6 is 0 Å². The molecule has 1 unspecified atom stereocenters. The van der Waals surface area contributed by atoms with E-state index in [9.17, 15) is 9.90 Å². The van der Waals surface area contributed by atoms with Crippen molar-refractivity contribution in [1.29, 1.82) is 0 Å². The molecule has 0 spiro atoms. The average molecular weight is 506 g/mol. The molecule has 0 aliphatic rings. The molecule has 3 N–H and O–H groups in total. The fraction of sp³-hybridized carbons (Fsp3) is 0.387. The minimum atomic E-state index is -1.33. The van der Waals surface area contributed by atoms with Crippen LogP contribution in [0.3, 0.4) is 0 Å². The summed E-state index contributed by atoms with van der Waals surface area (Å²) in [5.41, 5.74) is 6.08.